The number of carbonyl (C=O) groups is 1. The summed E-state index contributed by atoms with van der Waals surface area (Å²) in [5.41, 5.74) is 6.52. The lowest BCUT2D eigenvalue weighted by molar-refractivity contribution is 0.0774. The van der Waals surface area contributed by atoms with E-state index in [9.17, 15) is 4.79 Å². The van der Waals surface area contributed by atoms with Gasteiger partial charge in [0.2, 0.25) is 0 Å². The zero-order valence-corrected chi connectivity index (χ0v) is 12.5. The van der Waals surface area contributed by atoms with Crippen LogP contribution in [0, 0.1) is 5.41 Å². The molecule has 2 aromatic carbocycles. The van der Waals surface area contributed by atoms with Crippen molar-refractivity contribution in [2.45, 2.75) is 38.5 Å². The van der Waals surface area contributed by atoms with Crippen LogP contribution in [0.1, 0.15) is 48.9 Å². The van der Waals surface area contributed by atoms with Crippen molar-refractivity contribution in [3.8, 4) is 0 Å². The first-order chi connectivity index (χ1) is 10.2. The number of fused-ring (bicyclic) bond motifs is 1. The van der Waals surface area contributed by atoms with Crippen molar-refractivity contribution in [3.63, 3.8) is 0 Å². The molecule has 110 valence electrons. The summed E-state index contributed by atoms with van der Waals surface area (Å²) < 4.78 is 0. The van der Waals surface area contributed by atoms with Gasteiger partial charge in [-0.15, -0.1) is 0 Å². The van der Waals surface area contributed by atoms with Gasteiger partial charge in [-0.05, 0) is 29.7 Å². The molecule has 0 heterocycles. The minimum atomic E-state index is -0.334. The summed E-state index contributed by atoms with van der Waals surface area (Å²) >= 11 is 0. The molecule has 1 fully saturated rings. The summed E-state index contributed by atoms with van der Waals surface area (Å²) in [5.74, 6) is 0.248. The number of hydrogen-bond donors (Lipinski definition) is 1. The van der Waals surface area contributed by atoms with Gasteiger partial charge in [0.1, 0.15) is 0 Å². The quantitative estimate of drug-likeness (QED) is 0.672. The van der Waals surface area contributed by atoms with Crippen LogP contribution >= 0.6 is 0 Å². The number of rotatable bonds is 3. The molecule has 2 N–H and O–H groups in total. The van der Waals surface area contributed by atoms with E-state index in [0.29, 0.717) is 6.54 Å². The summed E-state index contributed by atoms with van der Waals surface area (Å²) in [5, 5.41) is 2.31. The highest BCUT2D eigenvalue weighted by Crippen LogP contribution is 2.37. The van der Waals surface area contributed by atoms with Crippen molar-refractivity contribution in [2.75, 3.05) is 6.54 Å². The van der Waals surface area contributed by atoms with Gasteiger partial charge < -0.3 is 5.73 Å². The van der Waals surface area contributed by atoms with Gasteiger partial charge in [-0.25, -0.2) is 0 Å². The fourth-order valence-electron chi connectivity index (χ4n) is 3.57. The SMILES string of the molecule is NCC1(C(=O)c2ccc3ccccc3c2)CCCCCC1. The Morgan fingerprint density at radius 2 is 1.62 bits per heavy atom. The summed E-state index contributed by atoms with van der Waals surface area (Å²) in [6, 6.07) is 14.2. The Labute approximate surface area is 126 Å². The maximum Gasteiger partial charge on any atom is 0.170 e. The van der Waals surface area contributed by atoms with Crippen molar-refractivity contribution in [3.05, 3.63) is 48.0 Å². The maximum atomic E-state index is 13.1. The van der Waals surface area contributed by atoms with Crippen molar-refractivity contribution >= 4 is 16.6 Å². The number of nitrogens with two attached hydrogens (primary N) is 1. The summed E-state index contributed by atoms with van der Waals surface area (Å²) in [7, 11) is 0. The Balaban J connectivity index is 1.97. The molecule has 0 spiro atoms. The third-order valence-corrected chi connectivity index (χ3v) is 4.94. The van der Waals surface area contributed by atoms with Crippen molar-refractivity contribution in [2.24, 2.45) is 11.1 Å². The average Bonchev–Trinajstić information content (AvgIpc) is 2.80. The van der Waals surface area contributed by atoms with Crippen molar-refractivity contribution in [1.82, 2.24) is 0 Å². The third-order valence-electron chi connectivity index (χ3n) is 4.94. The minimum absolute atomic E-state index is 0.248. The second-order valence-electron chi connectivity index (χ2n) is 6.29. The van der Waals surface area contributed by atoms with Gasteiger partial charge in [-0.2, -0.15) is 0 Å². The molecule has 21 heavy (non-hydrogen) atoms. The summed E-state index contributed by atoms with van der Waals surface area (Å²) in [6.07, 6.45) is 6.58. The largest absolute Gasteiger partial charge is 0.329 e. The Morgan fingerprint density at radius 1 is 0.952 bits per heavy atom. The Kier molecular flexibility index (Phi) is 4.07. The molecule has 0 saturated heterocycles. The van der Waals surface area contributed by atoms with Crippen LogP contribution in [-0.4, -0.2) is 12.3 Å². The summed E-state index contributed by atoms with van der Waals surface area (Å²) in [4.78, 5) is 13.1. The Hall–Kier alpha value is -1.67. The van der Waals surface area contributed by atoms with Gasteiger partial charge in [-0.1, -0.05) is 62.1 Å². The molecular weight excluding hydrogens is 258 g/mol. The van der Waals surface area contributed by atoms with Gasteiger partial charge in [0.05, 0.1) is 0 Å². The highest BCUT2D eigenvalue weighted by atomic mass is 16.1. The van der Waals surface area contributed by atoms with E-state index >= 15 is 0 Å². The van der Waals surface area contributed by atoms with Gasteiger partial charge in [0.25, 0.3) is 0 Å². The first kappa shape index (κ1) is 14.3. The first-order valence-corrected chi connectivity index (χ1v) is 7.99. The minimum Gasteiger partial charge on any atom is -0.329 e. The van der Waals surface area contributed by atoms with Crippen molar-refractivity contribution in [1.29, 1.82) is 0 Å². The van der Waals surface area contributed by atoms with Crippen LogP contribution in [-0.2, 0) is 0 Å². The molecule has 2 nitrogen and oxygen atoms in total. The molecule has 3 rings (SSSR count). The number of Topliss-reactive ketones (excluding diaryl/α,β-unsaturated/α-hetero) is 1. The molecule has 0 radical (unpaired) electrons. The molecule has 1 aliphatic carbocycles. The standard InChI is InChI=1S/C19H23NO/c20-14-19(11-5-1-2-6-12-19)18(21)17-10-9-15-7-3-4-8-16(15)13-17/h3-4,7-10,13H,1-2,5-6,11-12,14,20H2. The first-order valence-electron chi connectivity index (χ1n) is 7.99. The highest BCUT2D eigenvalue weighted by Gasteiger charge is 2.37. The molecule has 1 aliphatic rings. The summed E-state index contributed by atoms with van der Waals surface area (Å²) in [6.45, 7) is 0.471. The van der Waals surface area contributed by atoms with Gasteiger partial charge in [0.15, 0.2) is 5.78 Å². The fourth-order valence-corrected chi connectivity index (χ4v) is 3.57. The van der Waals surface area contributed by atoms with Crippen molar-refractivity contribution < 1.29 is 4.79 Å². The predicted molar refractivity (Wildman–Crippen MR) is 87.5 cm³/mol. The molecule has 0 aromatic heterocycles. The molecule has 0 aliphatic heterocycles. The van der Waals surface area contributed by atoms with Crippen LogP contribution in [0.5, 0.6) is 0 Å². The predicted octanol–water partition coefficient (Wildman–Crippen LogP) is 4.32. The van der Waals surface area contributed by atoms with Crippen LogP contribution in [0.2, 0.25) is 0 Å². The Morgan fingerprint density at radius 3 is 2.29 bits per heavy atom. The molecule has 2 heteroatoms. The fraction of sp³-hybridized carbons (Fsp3) is 0.421. The molecule has 0 atom stereocenters. The van der Waals surface area contributed by atoms with Crippen LogP contribution in [0.3, 0.4) is 0 Å². The average molecular weight is 281 g/mol. The highest BCUT2D eigenvalue weighted by molar-refractivity contribution is 6.03. The third kappa shape index (κ3) is 2.73. The van der Waals surface area contributed by atoms with Gasteiger partial charge >= 0.3 is 0 Å². The van der Waals surface area contributed by atoms with E-state index in [-0.39, 0.29) is 11.2 Å². The topological polar surface area (TPSA) is 43.1 Å². The normalized spacial score (nSPS) is 18.3. The molecule has 0 unspecified atom stereocenters. The monoisotopic (exact) mass is 281 g/mol. The lowest BCUT2D eigenvalue weighted by Gasteiger charge is -2.29. The number of carbonyl (C=O) groups excluding carboxylic acids is 1. The zero-order valence-electron chi connectivity index (χ0n) is 12.5. The lowest BCUT2D eigenvalue weighted by atomic mass is 9.74. The molecule has 1 saturated carbocycles. The molecular formula is C19H23NO. The molecule has 0 bridgehead atoms. The maximum absolute atomic E-state index is 13.1. The van der Waals surface area contributed by atoms with Gasteiger partial charge in [0, 0.05) is 17.5 Å². The van der Waals surface area contributed by atoms with Crippen LogP contribution < -0.4 is 5.73 Å². The number of ketones is 1. The van der Waals surface area contributed by atoms with Crippen LogP contribution in [0.25, 0.3) is 10.8 Å². The Bertz CT molecular complexity index is 639. The number of benzene rings is 2. The lowest BCUT2D eigenvalue weighted by Crippen LogP contribution is -2.38. The zero-order chi connectivity index (χ0) is 14.7. The van der Waals surface area contributed by atoms with E-state index in [1.807, 2.05) is 30.3 Å². The second-order valence-corrected chi connectivity index (χ2v) is 6.29. The van der Waals surface area contributed by atoms with Crippen LogP contribution in [0.15, 0.2) is 42.5 Å². The van der Waals surface area contributed by atoms with E-state index in [4.69, 9.17) is 5.73 Å². The van der Waals surface area contributed by atoms with E-state index in [1.54, 1.807) is 0 Å². The van der Waals surface area contributed by atoms with E-state index in [2.05, 4.69) is 12.1 Å². The molecule has 2 aromatic rings. The number of hydrogen-bond acceptors (Lipinski definition) is 2. The van der Waals surface area contributed by atoms with Gasteiger partial charge in [-0.3, -0.25) is 4.79 Å². The molecule has 0 amide bonds. The second kappa shape index (κ2) is 5.98. The van der Waals surface area contributed by atoms with E-state index in [1.165, 1.54) is 18.2 Å². The van der Waals surface area contributed by atoms with E-state index in [0.717, 1.165) is 36.6 Å². The smallest absolute Gasteiger partial charge is 0.170 e. The van der Waals surface area contributed by atoms with E-state index < -0.39 is 0 Å². The van der Waals surface area contributed by atoms with Crippen LogP contribution in [0.4, 0.5) is 0 Å².